The van der Waals surface area contributed by atoms with Gasteiger partial charge in [-0.1, -0.05) is 40.9 Å². The molecule has 34 heavy (non-hydrogen) atoms. The monoisotopic (exact) mass is 518 g/mol. The van der Waals surface area contributed by atoms with E-state index in [1.807, 2.05) is 0 Å². The van der Waals surface area contributed by atoms with Crippen molar-refractivity contribution in [2.45, 2.75) is 6.04 Å². The Balaban J connectivity index is 2.01. The molecule has 1 aromatic heterocycles. The molecule has 0 radical (unpaired) electrons. The number of hydrogen-bond acceptors (Lipinski definition) is 6. The fourth-order valence-electron chi connectivity index (χ4n) is 3.88. The number of aliphatic hydroxyl groups excluding tert-OH is 1. The molecule has 0 saturated carbocycles. The predicted octanol–water partition coefficient (Wildman–Crippen LogP) is 5.69. The number of ketones is 1. The number of methoxy groups -OCH3 is 2. The highest BCUT2D eigenvalue weighted by molar-refractivity contribution is 6.52. The summed E-state index contributed by atoms with van der Waals surface area (Å²) in [4.78, 5) is 31.8. The zero-order chi connectivity index (χ0) is 24.6. The maximum absolute atomic E-state index is 13.3. The number of ether oxygens (including phenoxy) is 2. The van der Waals surface area contributed by atoms with Crippen molar-refractivity contribution in [2.75, 3.05) is 19.1 Å². The van der Waals surface area contributed by atoms with E-state index >= 15 is 0 Å². The lowest BCUT2D eigenvalue weighted by Gasteiger charge is -2.25. The van der Waals surface area contributed by atoms with Crippen molar-refractivity contribution in [3.05, 3.63) is 86.6 Å². The first kappa shape index (κ1) is 23.9. The minimum atomic E-state index is -0.981. The first-order valence-corrected chi connectivity index (χ1v) is 11.0. The number of hydrogen-bond donors (Lipinski definition) is 1. The number of Topliss-reactive ketones (excluding diaryl/α,β-unsaturated/α-hetero) is 1. The van der Waals surface area contributed by atoms with Gasteiger partial charge in [-0.15, -0.1) is 0 Å². The third kappa shape index (κ3) is 3.96. The first-order valence-electron chi connectivity index (χ1n) is 9.87. The van der Waals surface area contributed by atoms with E-state index < -0.39 is 23.5 Å². The molecule has 1 aliphatic rings. The zero-order valence-corrected chi connectivity index (χ0v) is 20.1. The van der Waals surface area contributed by atoms with Gasteiger partial charge in [-0.3, -0.25) is 19.5 Å². The second-order valence-electron chi connectivity index (χ2n) is 7.22. The molecule has 2 heterocycles. The summed E-state index contributed by atoms with van der Waals surface area (Å²) < 4.78 is 10.6. The molecule has 1 fully saturated rings. The first-order chi connectivity index (χ1) is 16.3. The van der Waals surface area contributed by atoms with E-state index in [0.717, 1.165) is 0 Å². The van der Waals surface area contributed by atoms with Crippen LogP contribution < -0.4 is 14.4 Å². The lowest BCUT2D eigenvalue weighted by atomic mass is 9.95. The number of rotatable bonds is 5. The van der Waals surface area contributed by atoms with E-state index in [9.17, 15) is 14.7 Å². The van der Waals surface area contributed by atoms with E-state index in [4.69, 9.17) is 44.3 Å². The maximum Gasteiger partial charge on any atom is 0.300 e. The number of halogens is 3. The summed E-state index contributed by atoms with van der Waals surface area (Å²) >= 11 is 18.8. The molecule has 0 spiro atoms. The summed E-state index contributed by atoms with van der Waals surface area (Å²) in [5, 5.41) is 11.8. The van der Waals surface area contributed by atoms with Gasteiger partial charge in [0.2, 0.25) is 0 Å². The van der Waals surface area contributed by atoms with Crippen molar-refractivity contribution in [3.8, 4) is 11.5 Å². The minimum absolute atomic E-state index is 0.00332. The van der Waals surface area contributed by atoms with Crippen molar-refractivity contribution in [2.24, 2.45) is 0 Å². The maximum atomic E-state index is 13.3. The molecule has 0 bridgehead atoms. The van der Waals surface area contributed by atoms with Crippen LogP contribution in [0.5, 0.6) is 11.5 Å². The topological polar surface area (TPSA) is 89.0 Å². The highest BCUT2D eigenvalue weighted by Crippen LogP contribution is 2.48. The van der Waals surface area contributed by atoms with E-state index in [0.29, 0.717) is 16.3 Å². The normalized spacial score (nSPS) is 17.2. The number of carbonyl (C=O) groups is 2. The van der Waals surface area contributed by atoms with Gasteiger partial charge >= 0.3 is 0 Å². The largest absolute Gasteiger partial charge is 0.507 e. The van der Waals surface area contributed by atoms with Crippen LogP contribution in [0.15, 0.2) is 60.4 Å². The van der Waals surface area contributed by atoms with Gasteiger partial charge in [-0.25, -0.2) is 0 Å². The Morgan fingerprint density at radius 3 is 2.29 bits per heavy atom. The Bertz CT molecular complexity index is 1330. The number of amides is 1. The van der Waals surface area contributed by atoms with Crippen molar-refractivity contribution in [3.63, 3.8) is 0 Å². The predicted molar refractivity (Wildman–Crippen MR) is 130 cm³/mol. The van der Waals surface area contributed by atoms with Gasteiger partial charge in [-0.05, 0) is 42.0 Å². The Kier molecular flexibility index (Phi) is 6.70. The van der Waals surface area contributed by atoms with Crippen molar-refractivity contribution in [1.82, 2.24) is 4.98 Å². The number of aliphatic hydroxyl groups is 1. The summed E-state index contributed by atoms with van der Waals surface area (Å²) in [5.41, 5.74) is 0.779. The summed E-state index contributed by atoms with van der Waals surface area (Å²) in [6.45, 7) is 0. The molecule has 1 atom stereocenters. The number of benzene rings is 2. The zero-order valence-electron chi connectivity index (χ0n) is 17.9. The van der Waals surface area contributed by atoms with Crippen LogP contribution in [-0.4, -0.2) is 36.0 Å². The van der Waals surface area contributed by atoms with E-state index in [-0.39, 0.29) is 32.7 Å². The van der Waals surface area contributed by atoms with Crippen LogP contribution in [0, 0.1) is 0 Å². The van der Waals surface area contributed by atoms with Crippen LogP contribution in [0.3, 0.4) is 0 Å². The van der Waals surface area contributed by atoms with Gasteiger partial charge in [0.15, 0.2) is 11.5 Å². The van der Waals surface area contributed by atoms with Crippen LogP contribution in [-0.2, 0) is 9.59 Å². The summed E-state index contributed by atoms with van der Waals surface area (Å²) in [7, 11) is 2.72. The third-order valence-corrected chi connectivity index (χ3v) is 6.21. The van der Waals surface area contributed by atoms with Crippen molar-refractivity contribution < 1.29 is 24.2 Å². The summed E-state index contributed by atoms with van der Waals surface area (Å²) in [6.07, 6.45) is 3.05. The molecule has 1 unspecified atom stereocenters. The Labute approximate surface area is 210 Å². The molecule has 1 aliphatic heterocycles. The summed E-state index contributed by atoms with van der Waals surface area (Å²) in [6, 6.07) is 10.2. The van der Waals surface area contributed by atoms with E-state index in [1.165, 1.54) is 37.6 Å². The van der Waals surface area contributed by atoms with Gasteiger partial charge < -0.3 is 14.6 Å². The van der Waals surface area contributed by atoms with Gasteiger partial charge in [-0.2, -0.15) is 0 Å². The molecular formula is C24H17Cl3N2O5. The molecule has 1 amide bonds. The third-order valence-electron chi connectivity index (χ3n) is 5.35. The molecule has 1 N–H and O–H groups in total. The fraction of sp³-hybridized carbons (Fsp3) is 0.125. The quantitative estimate of drug-likeness (QED) is 0.265. The standard InChI is InChI=1S/C24H17Cl3N2O5/c1-33-22-15(11-16(26)23(34-2)18(22)27)20(30)17-19(12-6-8-28-9-7-12)29(24(32)21(17)31)14-5-3-4-13(25)10-14/h3-11,19,30H,1-2H3/b20-17+. The highest BCUT2D eigenvalue weighted by Gasteiger charge is 2.47. The lowest BCUT2D eigenvalue weighted by Crippen LogP contribution is -2.29. The average Bonchev–Trinajstić information content (AvgIpc) is 3.09. The number of nitrogens with zero attached hydrogens (tertiary/aromatic N) is 2. The van der Waals surface area contributed by atoms with Gasteiger partial charge in [0, 0.05) is 23.1 Å². The smallest absolute Gasteiger partial charge is 0.300 e. The molecule has 7 nitrogen and oxygen atoms in total. The molecule has 2 aromatic carbocycles. The van der Waals surface area contributed by atoms with Gasteiger partial charge in [0.25, 0.3) is 11.7 Å². The van der Waals surface area contributed by atoms with Crippen LogP contribution in [0.4, 0.5) is 5.69 Å². The number of anilines is 1. The number of carbonyl (C=O) groups excluding carboxylic acids is 2. The van der Waals surface area contributed by atoms with Crippen LogP contribution in [0.1, 0.15) is 17.2 Å². The minimum Gasteiger partial charge on any atom is -0.507 e. The van der Waals surface area contributed by atoms with Crippen LogP contribution in [0.2, 0.25) is 15.1 Å². The molecular weight excluding hydrogens is 503 g/mol. The molecule has 10 heteroatoms. The van der Waals surface area contributed by atoms with Gasteiger partial charge in [0.1, 0.15) is 10.8 Å². The summed E-state index contributed by atoms with van der Waals surface area (Å²) in [5.74, 6) is -2.07. The Morgan fingerprint density at radius 2 is 1.68 bits per heavy atom. The molecule has 0 aliphatic carbocycles. The van der Waals surface area contributed by atoms with E-state index in [1.54, 1.807) is 36.4 Å². The molecule has 174 valence electrons. The highest BCUT2D eigenvalue weighted by atomic mass is 35.5. The van der Waals surface area contributed by atoms with E-state index in [2.05, 4.69) is 4.98 Å². The van der Waals surface area contributed by atoms with Crippen molar-refractivity contribution in [1.29, 1.82) is 0 Å². The Morgan fingerprint density at radius 1 is 1.00 bits per heavy atom. The second kappa shape index (κ2) is 9.54. The SMILES string of the molecule is COc1c(Cl)cc(/C(O)=C2\C(=O)C(=O)N(c3cccc(Cl)c3)C2c2ccncc2)c(OC)c1Cl. The van der Waals surface area contributed by atoms with Crippen LogP contribution >= 0.6 is 34.8 Å². The molecule has 4 rings (SSSR count). The number of aromatic nitrogens is 1. The Hall–Kier alpha value is -3.26. The second-order valence-corrected chi connectivity index (χ2v) is 8.44. The molecule has 1 saturated heterocycles. The fourth-order valence-corrected chi connectivity index (χ4v) is 4.75. The average molecular weight is 520 g/mol. The van der Waals surface area contributed by atoms with Gasteiger partial charge in [0.05, 0.1) is 36.4 Å². The molecule has 3 aromatic rings. The van der Waals surface area contributed by atoms with Crippen LogP contribution in [0.25, 0.3) is 5.76 Å². The lowest BCUT2D eigenvalue weighted by molar-refractivity contribution is -0.132. The number of pyridine rings is 1. The van der Waals surface area contributed by atoms with Crippen molar-refractivity contribution >= 4 is 57.9 Å².